The maximum absolute atomic E-state index is 13.3. The summed E-state index contributed by atoms with van der Waals surface area (Å²) in [6.45, 7) is 2.61. The molecule has 3 nitrogen and oxygen atoms in total. The van der Waals surface area contributed by atoms with Gasteiger partial charge in [0.05, 0.1) is 11.0 Å². The minimum atomic E-state index is -0.247. The van der Waals surface area contributed by atoms with E-state index in [2.05, 4.69) is 9.55 Å². The maximum Gasteiger partial charge on any atom is 0.125 e. The van der Waals surface area contributed by atoms with Crippen molar-refractivity contribution in [1.29, 1.82) is 0 Å². The van der Waals surface area contributed by atoms with Crippen LogP contribution in [0.2, 0.25) is 0 Å². The Bertz CT molecular complexity index is 593. The van der Waals surface area contributed by atoms with Gasteiger partial charge in [-0.3, -0.25) is 0 Å². The Labute approximate surface area is 122 Å². The number of rotatable bonds is 5. The topological polar surface area (TPSA) is 27.1 Å². The van der Waals surface area contributed by atoms with Crippen LogP contribution in [0.25, 0.3) is 11.0 Å². The molecule has 1 aromatic heterocycles. The molecule has 5 heteroatoms. The largest absolute Gasteiger partial charge is 0.381 e. The average molecular weight is 297 g/mol. The fourth-order valence-corrected chi connectivity index (χ4v) is 2.97. The number of aryl methyl sites for hydroxylation is 2. The molecule has 0 saturated carbocycles. The smallest absolute Gasteiger partial charge is 0.125 e. The maximum atomic E-state index is 13.3. The highest BCUT2D eigenvalue weighted by atomic mass is 35.5. The molecule has 0 aliphatic carbocycles. The van der Waals surface area contributed by atoms with Gasteiger partial charge in [0.2, 0.25) is 0 Å². The Morgan fingerprint density at radius 3 is 3.10 bits per heavy atom. The van der Waals surface area contributed by atoms with Gasteiger partial charge < -0.3 is 9.30 Å². The van der Waals surface area contributed by atoms with Crippen molar-refractivity contribution in [3.05, 3.63) is 29.8 Å². The quantitative estimate of drug-likeness (QED) is 0.791. The van der Waals surface area contributed by atoms with Gasteiger partial charge in [0, 0.05) is 38.1 Å². The van der Waals surface area contributed by atoms with Crippen molar-refractivity contribution in [3.8, 4) is 0 Å². The van der Waals surface area contributed by atoms with Crippen molar-refractivity contribution in [2.75, 3.05) is 19.1 Å². The van der Waals surface area contributed by atoms with Gasteiger partial charge in [-0.1, -0.05) is 0 Å². The molecule has 1 aliphatic heterocycles. The lowest BCUT2D eigenvalue weighted by atomic mass is 10.1. The number of ether oxygens (including phenoxy) is 1. The molecule has 2 aromatic rings. The zero-order chi connectivity index (χ0) is 13.9. The van der Waals surface area contributed by atoms with Gasteiger partial charge in [0.15, 0.2) is 0 Å². The van der Waals surface area contributed by atoms with Crippen molar-refractivity contribution >= 4 is 22.6 Å². The number of hydrogen-bond acceptors (Lipinski definition) is 2. The number of alkyl halides is 1. The number of fused-ring (bicyclic) bond motifs is 1. The van der Waals surface area contributed by atoms with Gasteiger partial charge in [-0.2, -0.15) is 0 Å². The summed E-state index contributed by atoms with van der Waals surface area (Å²) < 4.78 is 20.9. The summed E-state index contributed by atoms with van der Waals surface area (Å²) in [6, 6.07) is 4.78. The first-order valence-electron chi connectivity index (χ1n) is 7.06. The van der Waals surface area contributed by atoms with Gasteiger partial charge in [-0.25, -0.2) is 9.37 Å². The molecule has 1 aromatic carbocycles. The van der Waals surface area contributed by atoms with E-state index in [0.717, 1.165) is 43.9 Å². The third-order valence-electron chi connectivity index (χ3n) is 3.89. The molecule has 2 heterocycles. The Hall–Kier alpha value is -1.13. The molecule has 0 amide bonds. The summed E-state index contributed by atoms with van der Waals surface area (Å²) in [7, 11) is 0. The van der Waals surface area contributed by atoms with Crippen molar-refractivity contribution in [3.63, 3.8) is 0 Å². The Kier molecular flexibility index (Phi) is 4.22. The van der Waals surface area contributed by atoms with E-state index in [0.29, 0.717) is 23.7 Å². The number of imidazole rings is 1. The Morgan fingerprint density at radius 2 is 2.35 bits per heavy atom. The zero-order valence-corrected chi connectivity index (χ0v) is 12.1. The first kappa shape index (κ1) is 13.8. The summed E-state index contributed by atoms with van der Waals surface area (Å²) in [5.41, 5.74) is 1.71. The predicted molar refractivity (Wildman–Crippen MR) is 77.7 cm³/mol. The number of aromatic nitrogens is 2. The number of benzene rings is 1. The highest BCUT2D eigenvalue weighted by molar-refractivity contribution is 6.17. The summed E-state index contributed by atoms with van der Waals surface area (Å²) in [5.74, 6) is 1.85. The predicted octanol–water partition coefficient (Wildman–Crippen LogP) is 3.38. The van der Waals surface area contributed by atoms with Crippen LogP contribution < -0.4 is 0 Å². The minimum Gasteiger partial charge on any atom is -0.381 e. The van der Waals surface area contributed by atoms with E-state index in [1.165, 1.54) is 12.1 Å². The fourth-order valence-electron chi connectivity index (χ4n) is 2.80. The van der Waals surface area contributed by atoms with Crippen LogP contribution in [0.15, 0.2) is 18.2 Å². The summed E-state index contributed by atoms with van der Waals surface area (Å²) in [5, 5.41) is 0. The third-order valence-corrected chi connectivity index (χ3v) is 4.08. The number of nitrogens with zero attached hydrogens (tertiary/aromatic N) is 2. The van der Waals surface area contributed by atoms with Crippen LogP contribution in [-0.2, 0) is 17.7 Å². The van der Waals surface area contributed by atoms with Gasteiger partial charge in [-0.05, 0) is 30.9 Å². The molecule has 1 fully saturated rings. The average Bonchev–Trinajstić information content (AvgIpc) is 3.04. The van der Waals surface area contributed by atoms with E-state index >= 15 is 0 Å². The lowest BCUT2D eigenvalue weighted by Crippen LogP contribution is -2.09. The van der Waals surface area contributed by atoms with Crippen LogP contribution in [0.5, 0.6) is 0 Å². The molecule has 108 valence electrons. The second kappa shape index (κ2) is 6.10. The van der Waals surface area contributed by atoms with Crippen LogP contribution in [0.3, 0.4) is 0 Å². The second-order valence-electron chi connectivity index (χ2n) is 5.27. The SMILES string of the molecule is Fc1ccc2c(c1)nc(CCCl)n2CCC1CCOC1. The van der Waals surface area contributed by atoms with Crippen LogP contribution in [0.4, 0.5) is 4.39 Å². The molecular formula is C15H18ClFN2O. The van der Waals surface area contributed by atoms with E-state index < -0.39 is 0 Å². The van der Waals surface area contributed by atoms with Crippen molar-refractivity contribution in [2.45, 2.75) is 25.8 Å². The monoisotopic (exact) mass is 296 g/mol. The number of hydrogen-bond donors (Lipinski definition) is 0. The molecule has 0 spiro atoms. The zero-order valence-electron chi connectivity index (χ0n) is 11.3. The molecular weight excluding hydrogens is 279 g/mol. The van der Waals surface area contributed by atoms with E-state index in [4.69, 9.17) is 16.3 Å². The molecule has 0 N–H and O–H groups in total. The molecule has 20 heavy (non-hydrogen) atoms. The van der Waals surface area contributed by atoms with Gasteiger partial charge >= 0.3 is 0 Å². The molecule has 1 aliphatic rings. The minimum absolute atomic E-state index is 0.247. The molecule has 1 atom stereocenters. The second-order valence-corrected chi connectivity index (χ2v) is 5.65. The van der Waals surface area contributed by atoms with Gasteiger partial charge in [0.25, 0.3) is 0 Å². The lowest BCUT2D eigenvalue weighted by molar-refractivity contribution is 0.183. The molecule has 1 unspecified atom stereocenters. The van der Waals surface area contributed by atoms with E-state index in [1.54, 1.807) is 6.07 Å². The molecule has 0 radical (unpaired) electrons. The van der Waals surface area contributed by atoms with Crippen LogP contribution in [-0.4, -0.2) is 28.6 Å². The van der Waals surface area contributed by atoms with Crippen LogP contribution in [0, 0.1) is 11.7 Å². The number of halogens is 2. The summed E-state index contributed by atoms with van der Waals surface area (Å²) in [6.07, 6.45) is 2.91. The van der Waals surface area contributed by atoms with E-state index in [-0.39, 0.29) is 5.82 Å². The van der Waals surface area contributed by atoms with Crippen LogP contribution >= 0.6 is 11.6 Å². The first-order valence-corrected chi connectivity index (χ1v) is 7.60. The van der Waals surface area contributed by atoms with Crippen molar-refractivity contribution in [2.24, 2.45) is 5.92 Å². The molecule has 1 saturated heterocycles. The Balaban J connectivity index is 1.87. The Morgan fingerprint density at radius 1 is 1.45 bits per heavy atom. The fraction of sp³-hybridized carbons (Fsp3) is 0.533. The summed E-state index contributed by atoms with van der Waals surface area (Å²) >= 11 is 5.85. The standard InChI is InChI=1S/C15H18ClFN2O/c16-6-3-15-18-13-9-12(17)1-2-14(13)19(15)7-4-11-5-8-20-10-11/h1-2,9,11H,3-8,10H2. The highest BCUT2D eigenvalue weighted by Gasteiger charge is 2.17. The van der Waals surface area contributed by atoms with E-state index in [1.807, 2.05) is 0 Å². The highest BCUT2D eigenvalue weighted by Crippen LogP contribution is 2.22. The molecule has 3 rings (SSSR count). The van der Waals surface area contributed by atoms with E-state index in [9.17, 15) is 4.39 Å². The van der Waals surface area contributed by atoms with Crippen molar-refractivity contribution in [1.82, 2.24) is 9.55 Å². The lowest BCUT2D eigenvalue weighted by Gasteiger charge is -2.11. The first-order chi connectivity index (χ1) is 9.78. The van der Waals surface area contributed by atoms with Gasteiger partial charge in [0.1, 0.15) is 11.6 Å². The third kappa shape index (κ3) is 2.81. The van der Waals surface area contributed by atoms with Crippen molar-refractivity contribution < 1.29 is 9.13 Å². The summed E-state index contributed by atoms with van der Waals surface area (Å²) in [4.78, 5) is 4.52. The van der Waals surface area contributed by atoms with Gasteiger partial charge in [-0.15, -0.1) is 11.6 Å². The van der Waals surface area contributed by atoms with Crippen LogP contribution in [0.1, 0.15) is 18.7 Å². The molecule has 0 bridgehead atoms. The normalized spacial score (nSPS) is 19.0.